The van der Waals surface area contributed by atoms with Crippen LogP contribution < -0.4 is 5.32 Å². The van der Waals surface area contributed by atoms with Crippen molar-refractivity contribution in [1.82, 2.24) is 5.32 Å². The Balaban J connectivity index is 2.21. The Morgan fingerprint density at radius 1 is 1.04 bits per heavy atom. The fourth-order valence-corrected chi connectivity index (χ4v) is 2.95. The van der Waals surface area contributed by atoms with E-state index >= 15 is 0 Å². The van der Waals surface area contributed by atoms with Gasteiger partial charge in [0.2, 0.25) is 0 Å². The van der Waals surface area contributed by atoms with Crippen molar-refractivity contribution >= 4 is 21.7 Å². The molecule has 0 heterocycles. The van der Waals surface area contributed by atoms with Crippen LogP contribution in [0.3, 0.4) is 0 Å². The highest BCUT2D eigenvalue weighted by atomic mass is 32.2. The van der Waals surface area contributed by atoms with Gasteiger partial charge in [-0.3, -0.25) is 9.59 Å². The van der Waals surface area contributed by atoms with E-state index in [1.807, 2.05) is 19.1 Å². The number of sulfone groups is 1. The zero-order valence-corrected chi connectivity index (χ0v) is 14.7. The van der Waals surface area contributed by atoms with Crippen LogP contribution in [-0.4, -0.2) is 31.7 Å². The van der Waals surface area contributed by atoms with Gasteiger partial charge in [0, 0.05) is 11.8 Å². The molecule has 25 heavy (non-hydrogen) atoms. The van der Waals surface area contributed by atoms with Crippen LogP contribution in [0.4, 0.5) is 0 Å². The van der Waals surface area contributed by atoms with Gasteiger partial charge in [0.25, 0.3) is 5.91 Å². The number of carbonyl (C=O) groups is 2. The molecular weight excluding hydrogens is 342 g/mol. The maximum atomic E-state index is 12.4. The third-order valence-corrected chi connectivity index (χ3v) is 4.84. The largest absolute Gasteiger partial charge is 0.481 e. The Labute approximate surface area is 146 Å². The summed E-state index contributed by atoms with van der Waals surface area (Å²) in [5, 5.41) is 11.8. The molecule has 2 N–H and O–H groups in total. The zero-order valence-electron chi connectivity index (χ0n) is 13.9. The Bertz CT molecular complexity index is 871. The number of aryl methyl sites for hydroxylation is 1. The average molecular weight is 361 g/mol. The van der Waals surface area contributed by atoms with Crippen LogP contribution in [-0.2, 0) is 14.6 Å². The number of carbonyl (C=O) groups excluding carboxylic acids is 1. The van der Waals surface area contributed by atoms with Crippen LogP contribution in [0.1, 0.15) is 33.9 Å². The summed E-state index contributed by atoms with van der Waals surface area (Å²) in [6.07, 6.45) is 0.832. The van der Waals surface area contributed by atoms with E-state index < -0.39 is 27.8 Å². The smallest absolute Gasteiger partial charge is 0.305 e. The second-order valence-corrected chi connectivity index (χ2v) is 7.85. The summed E-state index contributed by atoms with van der Waals surface area (Å²) in [6.45, 7) is 1.91. The summed E-state index contributed by atoms with van der Waals surface area (Å²) < 4.78 is 22.9. The highest BCUT2D eigenvalue weighted by Crippen LogP contribution is 2.19. The van der Waals surface area contributed by atoms with Gasteiger partial charge in [-0.05, 0) is 36.8 Å². The van der Waals surface area contributed by atoms with Gasteiger partial charge in [-0.25, -0.2) is 8.42 Å². The Morgan fingerprint density at radius 3 is 2.08 bits per heavy atom. The SMILES string of the molecule is Cc1ccc([C@H](CC(=O)O)NC(=O)c2ccc(S(C)(=O)=O)cc2)cc1. The minimum atomic E-state index is -3.34. The Kier molecular flexibility index (Phi) is 5.58. The predicted molar refractivity (Wildman–Crippen MR) is 93.2 cm³/mol. The maximum absolute atomic E-state index is 12.4. The lowest BCUT2D eigenvalue weighted by atomic mass is 10.0. The summed E-state index contributed by atoms with van der Waals surface area (Å²) in [4.78, 5) is 23.6. The summed E-state index contributed by atoms with van der Waals surface area (Å²) in [5.74, 6) is -1.50. The van der Waals surface area contributed by atoms with Crippen molar-refractivity contribution < 1.29 is 23.1 Å². The van der Waals surface area contributed by atoms with Crippen molar-refractivity contribution in [2.75, 3.05) is 6.26 Å². The van der Waals surface area contributed by atoms with Gasteiger partial charge in [0.1, 0.15) is 0 Å². The number of carboxylic acid groups (broad SMARTS) is 1. The van der Waals surface area contributed by atoms with Gasteiger partial charge < -0.3 is 10.4 Å². The van der Waals surface area contributed by atoms with Crippen LogP contribution >= 0.6 is 0 Å². The molecule has 0 fully saturated rings. The molecule has 2 aromatic rings. The molecule has 2 aromatic carbocycles. The normalized spacial score (nSPS) is 12.4. The molecule has 7 heteroatoms. The molecule has 0 saturated carbocycles. The lowest BCUT2D eigenvalue weighted by molar-refractivity contribution is -0.137. The molecule has 0 aliphatic rings. The number of nitrogens with one attached hydrogen (secondary N) is 1. The first-order valence-electron chi connectivity index (χ1n) is 7.56. The molecule has 0 aromatic heterocycles. The van der Waals surface area contributed by atoms with Crippen molar-refractivity contribution in [3.8, 4) is 0 Å². The molecule has 6 nitrogen and oxygen atoms in total. The summed E-state index contributed by atoms with van der Waals surface area (Å²) >= 11 is 0. The highest BCUT2D eigenvalue weighted by Gasteiger charge is 2.19. The molecule has 132 valence electrons. The first kappa shape index (κ1) is 18.7. The lowest BCUT2D eigenvalue weighted by Gasteiger charge is -2.18. The van der Waals surface area contributed by atoms with Gasteiger partial charge in [-0.1, -0.05) is 29.8 Å². The predicted octanol–water partition coefficient (Wildman–Crippen LogP) is 2.34. The van der Waals surface area contributed by atoms with Crippen LogP contribution in [0.15, 0.2) is 53.4 Å². The van der Waals surface area contributed by atoms with E-state index in [1.54, 1.807) is 12.1 Å². The van der Waals surface area contributed by atoms with Crippen LogP contribution in [0.2, 0.25) is 0 Å². The van der Waals surface area contributed by atoms with Crippen LogP contribution in [0.5, 0.6) is 0 Å². The minimum Gasteiger partial charge on any atom is -0.481 e. The van der Waals surface area contributed by atoms with E-state index in [4.69, 9.17) is 5.11 Å². The van der Waals surface area contributed by atoms with E-state index in [0.29, 0.717) is 5.56 Å². The van der Waals surface area contributed by atoms with Crippen LogP contribution in [0.25, 0.3) is 0 Å². The molecule has 0 aliphatic heterocycles. The molecule has 0 saturated heterocycles. The number of benzene rings is 2. The molecule has 2 rings (SSSR count). The van der Waals surface area contributed by atoms with E-state index in [1.165, 1.54) is 24.3 Å². The molecular formula is C18H19NO5S. The second-order valence-electron chi connectivity index (χ2n) is 5.83. The molecule has 0 unspecified atom stereocenters. The number of carboxylic acids is 1. The van der Waals surface area contributed by atoms with Gasteiger partial charge in [0.15, 0.2) is 9.84 Å². The third kappa shape index (κ3) is 5.15. The van der Waals surface area contributed by atoms with Crippen molar-refractivity contribution in [2.24, 2.45) is 0 Å². The Morgan fingerprint density at radius 2 is 1.60 bits per heavy atom. The van der Waals surface area contributed by atoms with E-state index in [9.17, 15) is 18.0 Å². The zero-order chi connectivity index (χ0) is 18.6. The fourth-order valence-electron chi connectivity index (χ4n) is 2.32. The quantitative estimate of drug-likeness (QED) is 0.822. The van der Waals surface area contributed by atoms with Gasteiger partial charge >= 0.3 is 5.97 Å². The molecule has 1 amide bonds. The van der Waals surface area contributed by atoms with Crippen molar-refractivity contribution in [3.05, 3.63) is 65.2 Å². The van der Waals surface area contributed by atoms with Crippen molar-refractivity contribution in [3.63, 3.8) is 0 Å². The number of aliphatic carboxylic acids is 1. The van der Waals surface area contributed by atoms with E-state index in [0.717, 1.165) is 11.8 Å². The van der Waals surface area contributed by atoms with E-state index in [2.05, 4.69) is 5.32 Å². The van der Waals surface area contributed by atoms with E-state index in [-0.39, 0.29) is 16.9 Å². The molecule has 0 aliphatic carbocycles. The topological polar surface area (TPSA) is 101 Å². The first-order valence-corrected chi connectivity index (χ1v) is 9.45. The van der Waals surface area contributed by atoms with Gasteiger partial charge in [-0.15, -0.1) is 0 Å². The minimum absolute atomic E-state index is 0.115. The average Bonchev–Trinajstić information content (AvgIpc) is 2.54. The highest BCUT2D eigenvalue weighted by molar-refractivity contribution is 7.90. The molecule has 0 spiro atoms. The summed E-state index contributed by atoms with van der Waals surface area (Å²) in [7, 11) is -3.34. The monoisotopic (exact) mass is 361 g/mol. The number of hydrogen-bond acceptors (Lipinski definition) is 4. The first-order chi connectivity index (χ1) is 11.7. The second kappa shape index (κ2) is 7.48. The third-order valence-electron chi connectivity index (χ3n) is 3.71. The standard InChI is InChI=1S/C18H19NO5S/c1-12-3-5-13(6-4-12)16(11-17(20)21)19-18(22)14-7-9-15(10-8-14)25(2,23)24/h3-10,16H,11H2,1-2H3,(H,19,22)(H,20,21)/t16-/m0/s1. The maximum Gasteiger partial charge on any atom is 0.305 e. The Hall–Kier alpha value is -2.67. The van der Waals surface area contributed by atoms with Crippen molar-refractivity contribution in [2.45, 2.75) is 24.3 Å². The molecule has 0 bridgehead atoms. The van der Waals surface area contributed by atoms with Crippen LogP contribution in [0, 0.1) is 6.92 Å². The van der Waals surface area contributed by atoms with Gasteiger partial charge in [0.05, 0.1) is 17.4 Å². The fraction of sp³-hybridized carbons (Fsp3) is 0.222. The molecule has 1 atom stereocenters. The number of amides is 1. The molecule has 0 radical (unpaired) electrons. The summed E-state index contributed by atoms with van der Waals surface area (Å²) in [5.41, 5.74) is 1.98. The van der Waals surface area contributed by atoms with Crippen molar-refractivity contribution in [1.29, 1.82) is 0 Å². The van der Waals surface area contributed by atoms with Gasteiger partial charge in [-0.2, -0.15) is 0 Å². The lowest BCUT2D eigenvalue weighted by Crippen LogP contribution is -2.30. The number of rotatable bonds is 6. The number of hydrogen-bond donors (Lipinski definition) is 2. The summed E-state index contributed by atoms with van der Waals surface area (Å²) in [6, 6.07) is 12.1.